The molecule has 0 bridgehead atoms. The van der Waals surface area contributed by atoms with Crippen molar-refractivity contribution in [3.63, 3.8) is 0 Å². The highest BCUT2D eigenvalue weighted by atomic mass is 16.5. The zero-order valence-electron chi connectivity index (χ0n) is 14.8. The van der Waals surface area contributed by atoms with Gasteiger partial charge in [0.25, 0.3) is 0 Å². The number of morpholine rings is 1. The summed E-state index contributed by atoms with van der Waals surface area (Å²) in [6.45, 7) is 5.70. The van der Waals surface area contributed by atoms with Crippen molar-refractivity contribution in [3.05, 3.63) is 65.5 Å². The van der Waals surface area contributed by atoms with Gasteiger partial charge in [0.2, 0.25) is 0 Å². The molecule has 0 radical (unpaired) electrons. The van der Waals surface area contributed by atoms with Gasteiger partial charge in [-0.05, 0) is 36.6 Å². The molecule has 2 heterocycles. The van der Waals surface area contributed by atoms with E-state index in [-0.39, 0.29) is 18.2 Å². The molecule has 1 aromatic heterocycles. The van der Waals surface area contributed by atoms with Gasteiger partial charge in [-0.3, -0.25) is 4.98 Å². The number of pyridine rings is 1. The molecule has 0 saturated carbocycles. The van der Waals surface area contributed by atoms with E-state index in [4.69, 9.17) is 4.74 Å². The van der Waals surface area contributed by atoms with Crippen LogP contribution in [-0.2, 0) is 17.7 Å². The van der Waals surface area contributed by atoms with Gasteiger partial charge in [-0.15, -0.1) is 0 Å². The number of amides is 2. The van der Waals surface area contributed by atoms with Crippen LogP contribution in [0.1, 0.15) is 36.8 Å². The summed E-state index contributed by atoms with van der Waals surface area (Å²) in [7, 11) is 0. The van der Waals surface area contributed by atoms with E-state index in [0.717, 1.165) is 17.7 Å². The lowest BCUT2D eigenvalue weighted by molar-refractivity contribution is -0.0657. The van der Waals surface area contributed by atoms with Gasteiger partial charge in [-0.2, -0.15) is 0 Å². The topological polar surface area (TPSA) is 54.5 Å². The number of nitrogens with one attached hydrogen (secondary N) is 1. The van der Waals surface area contributed by atoms with E-state index in [0.29, 0.717) is 19.6 Å². The average molecular weight is 339 g/mol. The first-order valence-corrected chi connectivity index (χ1v) is 8.82. The van der Waals surface area contributed by atoms with Crippen molar-refractivity contribution in [1.29, 1.82) is 0 Å². The summed E-state index contributed by atoms with van der Waals surface area (Å²) in [6, 6.07) is 14.0. The van der Waals surface area contributed by atoms with E-state index in [1.165, 1.54) is 5.56 Å². The lowest BCUT2D eigenvalue weighted by atomic mass is 10.1. The maximum Gasteiger partial charge on any atom is 0.317 e. The smallest absolute Gasteiger partial charge is 0.317 e. The van der Waals surface area contributed by atoms with Crippen molar-refractivity contribution in [1.82, 2.24) is 15.2 Å². The minimum absolute atomic E-state index is 0.00579. The zero-order valence-corrected chi connectivity index (χ0v) is 14.8. The van der Waals surface area contributed by atoms with Gasteiger partial charge in [0.15, 0.2) is 0 Å². The molecule has 1 N–H and O–H groups in total. The predicted molar refractivity (Wildman–Crippen MR) is 97.2 cm³/mol. The van der Waals surface area contributed by atoms with Crippen LogP contribution in [0.4, 0.5) is 4.79 Å². The van der Waals surface area contributed by atoms with Gasteiger partial charge in [-0.1, -0.05) is 37.3 Å². The number of rotatable bonds is 4. The third-order valence-electron chi connectivity index (χ3n) is 4.43. The molecule has 1 fully saturated rings. The molecule has 1 aliphatic rings. The Hall–Kier alpha value is -2.40. The number of aromatic nitrogens is 1. The van der Waals surface area contributed by atoms with Crippen LogP contribution in [0.3, 0.4) is 0 Å². The highest BCUT2D eigenvalue weighted by Crippen LogP contribution is 2.25. The molecule has 3 rings (SSSR count). The van der Waals surface area contributed by atoms with Crippen LogP contribution >= 0.6 is 0 Å². The molecule has 25 heavy (non-hydrogen) atoms. The van der Waals surface area contributed by atoms with Crippen molar-refractivity contribution in [2.75, 3.05) is 13.1 Å². The van der Waals surface area contributed by atoms with Gasteiger partial charge in [0, 0.05) is 12.7 Å². The van der Waals surface area contributed by atoms with Crippen LogP contribution in [0.2, 0.25) is 0 Å². The number of aryl methyl sites for hydroxylation is 1. The Kier molecular flexibility index (Phi) is 5.66. The summed E-state index contributed by atoms with van der Waals surface area (Å²) in [5, 5.41) is 2.98. The normalized spacial score (nSPS) is 20.3. The van der Waals surface area contributed by atoms with Gasteiger partial charge in [-0.25, -0.2) is 4.79 Å². The summed E-state index contributed by atoms with van der Waals surface area (Å²) < 4.78 is 6.01. The van der Waals surface area contributed by atoms with Gasteiger partial charge in [0.1, 0.15) is 6.10 Å². The fraction of sp³-hybridized carbons (Fsp3) is 0.400. The molecule has 2 aromatic rings. The van der Waals surface area contributed by atoms with Gasteiger partial charge in [0.05, 0.1) is 24.9 Å². The minimum Gasteiger partial charge on any atom is -0.367 e. The van der Waals surface area contributed by atoms with Crippen LogP contribution in [0, 0.1) is 0 Å². The maximum atomic E-state index is 12.6. The van der Waals surface area contributed by atoms with Crippen molar-refractivity contribution >= 4 is 6.03 Å². The van der Waals surface area contributed by atoms with E-state index < -0.39 is 0 Å². The zero-order chi connectivity index (χ0) is 17.6. The van der Waals surface area contributed by atoms with Crippen LogP contribution in [0.5, 0.6) is 0 Å². The summed E-state index contributed by atoms with van der Waals surface area (Å²) in [5.74, 6) is 0. The predicted octanol–water partition coefficient (Wildman–Crippen LogP) is 3.32. The molecule has 1 aliphatic heterocycles. The summed E-state index contributed by atoms with van der Waals surface area (Å²) in [6.07, 6.45) is 2.68. The molecule has 132 valence electrons. The fourth-order valence-corrected chi connectivity index (χ4v) is 3.09. The molecule has 0 unspecified atom stereocenters. The molecule has 2 amide bonds. The van der Waals surface area contributed by atoms with Crippen LogP contribution in [0.15, 0.2) is 48.7 Å². The van der Waals surface area contributed by atoms with Crippen molar-refractivity contribution < 1.29 is 9.53 Å². The standard InChI is InChI=1S/C20H25N3O2/c1-3-16-9-10-21-18(11-16)12-22-20(24)23-13-15(2)25-19(14-23)17-7-5-4-6-8-17/h4-11,15,19H,3,12-14H2,1-2H3,(H,22,24)/t15-,19-/m1/s1. The number of benzene rings is 1. The van der Waals surface area contributed by atoms with Gasteiger partial charge >= 0.3 is 6.03 Å². The lowest BCUT2D eigenvalue weighted by Gasteiger charge is -2.37. The van der Waals surface area contributed by atoms with Crippen LogP contribution < -0.4 is 5.32 Å². The third kappa shape index (κ3) is 4.57. The highest BCUT2D eigenvalue weighted by molar-refractivity contribution is 5.74. The molecule has 1 saturated heterocycles. The number of hydrogen-bond acceptors (Lipinski definition) is 3. The van der Waals surface area contributed by atoms with Crippen LogP contribution in [-0.4, -0.2) is 35.1 Å². The second-order valence-corrected chi connectivity index (χ2v) is 6.42. The highest BCUT2D eigenvalue weighted by Gasteiger charge is 2.29. The van der Waals surface area contributed by atoms with E-state index in [2.05, 4.69) is 17.2 Å². The van der Waals surface area contributed by atoms with E-state index >= 15 is 0 Å². The average Bonchev–Trinajstić information content (AvgIpc) is 2.66. The Morgan fingerprint density at radius 1 is 1.28 bits per heavy atom. The largest absolute Gasteiger partial charge is 0.367 e. The summed E-state index contributed by atoms with van der Waals surface area (Å²) in [4.78, 5) is 18.7. The number of ether oxygens (including phenoxy) is 1. The number of carbonyl (C=O) groups excluding carboxylic acids is 1. The quantitative estimate of drug-likeness (QED) is 0.930. The summed E-state index contributed by atoms with van der Waals surface area (Å²) >= 11 is 0. The summed E-state index contributed by atoms with van der Waals surface area (Å²) in [5.41, 5.74) is 3.21. The van der Waals surface area contributed by atoms with E-state index in [9.17, 15) is 4.79 Å². The first-order valence-electron chi connectivity index (χ1n) is 8.82. The van der Waals surface area contributed by atoms with Crippen molar-refractivity contribution in [2.24, 2.45) is 0 Å². The van der Waals surface area contributed by atoms with Gasteiger partial charge < -0.3 is 15.0 Å². The number of hydrogen-bond donors (Lipinski definition) is 1. The number of urea groups is 1. The molecule has 5 nitrogen and oxygen atoms in total. The monoisotopic (exact) mass is 339 g/mol. The molecule has 0 spiro atoms. The molecular weight excluding hydrogens is 314 g/mol. The Labute approximate surface area is 149 Å². The van der Waals surface area contributed by atoms with E-state index in [1.807, 2.05) is 54.3 Å². The van der Waals surface area contributed by atoms with Crippen molar-refractivity contribution in [2.45, 2.75) is 39.0 Å². The number of nitrogens with zero attached hydrogens (tertiary/aromatic N) is 2. The van der Waals surface area contributed by atoms with Crippen LogP contribution in [0.25, 0.3) is 0 Å². The SMILES string of the molecule is CCc1ccnc(CNC(=O)N2C[C@@H](C)O[C@@H](c3ccccc3)C2)c1. The third-order valence-corrected chi connectivity index (χ3v) is 4.43. The lowest BCUT2D eigenvalue weighted by Crippen LogP contribution is -2.49. The molecular formula is C20H25N3O2. The molecule has 2 atom stereocenters. The second-order valence-electron chi connectivity index (χ2n) is 6.42. The minimum atomic E-state index is -0.0859. The Morgan fingerprint density at radius 2 is 2.08 bits per heavy atom. The molecule has 5 heteroatoms. The number of carbonyl (C=O) groups is 1. The molecule has 0 aliphatic carbocycles. The Morgan fingerprint density at radius 3 is 2.84 bits per heavy atom. The maximum absolute atomic E-state index is 12.6. The Balaban J connectivity index is 1.61. The molecule has 1 aromatic carbocycles. The fourth-order valence-electron chi connectivity index (χ4n) is 3.09. The Bertz CT molecular complexity index is 705. The second kappa shape index (κ2) is 8.12. The van der Waals surface area contributed by atoms with Crippen molar-refractivity contribution in [3.8, 4) is 0 Å². The van der Waals surface area contributed by atoms with E-state index in [1.54, 1.807) is 6.20 Å². The first-order chi connectivity index (χ1) is 12.2. The first kappa shape index (κ1) is 17.4.